The molecule has 74 valence electrons. The van der Waals surface area contributed by atoms with E-state index >= 15 is 0 Å². The fourth-order valence-corrected chi connectivity index (χ4v) is 1.61. The molecule has 2 rings (SSSR count). The first-order chi connectivity index (χ1) is 6.74. The van der Waals surface area contributed by atoms with Gasteiger partial charge in [-0.05, 0) is 6.42 Å². The Kier molecular flexibility index (Phi) is 1.84. The molecule has 1 aromatic rings. The van der Waals surface area contributed by atoms with Gasteiger partial charge in [-0.2, -0.15) is 0 Å². The first-order valence-electron chi connectivity index (χ1n) is 4.33. The molecule has 1 aliphatic rings. The summed E-state index contributed by atoms with van der Waals surface area (Å²) < 4.78 is 10.0. The lowest BCUT2D eigenvalue weighted by Crippen LogP contribution is -1.94. The molecule has 0 amide bonds. The van der Waals surface area contributed by atoms with Gasteiger partial charge in [-0.3, -0.25) is 4.79 Å². The molecule has 0 atom stereocenters. The molecule has 0 fully saturated rings. The molecule has 1 aromatic carbocycles. The van der Waals surface area contributed by atoms with Crippen molar-refractivity contribution in [2.75, 3.05) is 7.11 Å². The van der Waals surface area contributed by atoms with E-state index < -0.39 is 0 Å². The molecule has 0 saturated carbocycles. The Morgan fingerprint density at radius 2 is 2.21 bits per heavy atom. The molecule has 4 nitrogen and oxygen atoms in total. The van der Waals surface area contributed by atoms with Crippen molar-refractivity contribution in [1.29, 1.82) is 0 Å². The van der Waals surface area contributed by atoms with Gasteiger partial charge in [-0.25, -0.2) is 0 Å². The number of carbonyl (C=O) groups is 1. The summed E-state index contributed by atoms with van der Waals surface area (Å²) in [5, 5.41) is 9.62. The summed E-state index contributed by atoms with van der Waals surface area (Å²) in [6.07, 6.45) is 1.34. The Hall–Kier alpha value is -1.71. The highest BCUT2D eigenvalue weighted by Gasteiger charge is 2.35. The predicted octanol–water partition coefficient (Wildman–Crippen LogP) is 1.88. The summed E-state index contributed by atoms with van der Waals surface area (Å²) in [4.78, 5) is 10.8. The average Bonchev–Trinajstić information content (AvgIpc) is 2.97. The van der Waals surface area contributed by atoms with Crippen molar-refractivity contribution in [2.24, 2.45) is 0 Å². The van der Waals surface area contributed by atoms with E-state index in [1.165, 1.54) is 7.11 Å². The maximum atomic E-state index is 10.8. The molecular weight excluding hydrogens is 184 g/mol. The topological polar surface area (TPSA) is 59.1 Å². The van der Waals surface area contributed by atoms with Crippen LogP contribution >= 0.6 is 0 Å². The lowest BCUT2D eigenvalue weighted by atomic mass is 10.0. The standard InChI is InChI=1S/C10H10O4/c1-3-5-6(4-11)9-10(14-9)7(12)8(5)13-2/h4,12H,3H2,1-2H3. The molecule has 1 N–H and O–H groups in total. The van der Waals surface area contributed by atoms with Crippen LogP contribution < -0.4 is 9.47 Å². The van der Waals surface area contributed by atoms with Crippen LogP contribution in [0.15, 0.2) is 0 Å². The molecule has 0 unspecified atom stereocenters. The van der Waals surface area contributed by atoms with Crippen LogP contribution in [-0.4, -0.2) is 18.5 Å². The zero-order chi connectivity index (χ0) is 10.3. The van der Waals surface area contributed by atoms with Gasteiger partial charge in [0.05, 0.1) is 12.7 Å². The average molecular weight is 194 g/mol. The minimum atomic E-state index is -0.00931. The lowest BCUT2D eigenvalue weighted by molar-refractivity contribution is 0.112. The number of rotatable bonds is 3. The van der Waals surface area contributed by atoms with E-state index in [0.717, 1.165) is 6.29 Å². The number of phenolic OH excluding ortho intramolecular Hbond substituents is 1. The number of aromatic hydroxyl groups is 1. The van der Waals surface area contributed by atoms with Crippen molar-refractivity contribution in [1.82, 2.24) is 0 Å². The molecule has 14 heavy (non-hydrogen) atoms. The van der Waals surface area contributed by atoms with Crippen LogP contribution in [0.5, 0.6) is 23.0 Å². The van der Waals surface area contributed by atoms with Crippen LogP contribution in [0.25, 0.3) is 0 Å². The third kappa shape index (κ3) is 0.968. The minimum Gasteiger partial charge on any atom is -0.502 e. The van der Waals surface area contributed by atoms with Gasteiger partial charge in [-0.1, -0.05) is 6.92 Å². The summed E-state index contributed by atoms with van der Waals surface area (Å²) in [5.41, 5.74) is 1.17. The first-order valence-corrected chi connectivity index (χ1v) is 4.33. The minimum absolute atomic E-state index is 0.00931. The van der Waals surface area contributed by atoms with Gasteiger partial charge in [0.1, 0.15) is 0 Å². The number of aldehydes is 1. The fraction of sp³-hybridized carbons (Fsp3) is 0.300. The Labute approximate surface area is 81.1 Å². The van der Waals surface area contributed by atoms with Gasteiger partial charge in [0.15, 0.2) is 17.8 Å². The highest BCUT2D eigenvalue weighted by molar-refractivity contribution is 5.91. The fourth-order valence-electron chi connectivity index (χ4n) is 1.61. The number of fused-ring (bicyclic) bond motifs is 1. The normalized spacial score (nSPS) is 11.6. The maximum Gasteiger partial charge on any atom is 0.216 e. The van der Waals surface area contributed by atoms with Crippen LogP contribution in [0.3, 0.4) is 0 Å². The second-order valence-electron chi connectivity index (χ2n) is 3.01. The summed E-state index contributed by atoms with van der Waals surface area (Å²) in [7, 11) is 1.46. The summed E-state index contributed by atoms with van der Waals surface area (Å²) >= 11 is 0. The highest BCUT2D eigenvalue weighted by atomic mass is 16.6. The Morgan fingerprint density at radius 3 is 2.71 bits per heavy atom. The predicted molar refractivity (Wildman–Crippen MR) is 49.5 cm³/mol. The van der Waals surface area contributed by atoms with Gasteiger partial charge >= 0.3 is 0 Å². The van der Waals surface area contributed by atoms with Gasteiger partial charge < -0.3 is 14.6 Å². The number of benzene rings is 1. The summed E-state index contributed by atoms with van der Waals surface area (Å²) in [6.45, 7) is 1.89. The maximum absolute atomic E-state index is 10.8. The van der Waals surface area contributed by atoms with Crippen LogP contribution in [0.1, 0.15) is 22.8 Å². The summed E-state index contributed by atoms with van der Waals surface area (Å²) in [5.74, 6) is 1.17. The third-order valence-corrected chi connectivity index (χ3v) is 2.32. The van der Waals surface area contributed by atoms with Crippen molar-refractivity contribution in [3.63, 3.8) is 0 Å². The van der Waals surface area contributed by atoms with E-state index in [1.54, 1.807) is 0 Å². The van der Waals surface area contributed by atoms with Crippen molar-refractivity contribution in [3.05, 3.63) is 11.1 Å². The third-order valence-electron chi connectivity index (χ3n) is 2.32. The van der Waals surface area contributed by atoms with E-state index in [1.807, 2.05) is 6.92 Å². The zero-order valence-corrected chi connectivity index (χ0v) is 7.96. The van der Waals surface area contributed by atoms with Crippen molar-refractivity contribution < 1.29 is 19.4 Å². The van der Waals surface area contributed by atoms with Crippen molar-refractivity contribution in [3.8, 4) is 23.0 Å². The molecule has 0 aromatic heterocycles. The Morgan fingerprint density at radius 1 is 1.50 bits per heavy atom. The van der Waals surface area contributed by atoms with E-state index in [9.17, 15) is 9.90 Å². The Bertz CT molecular complexity index is 409. The van der Waals surface area contributed by atoms with Crippen molar-refractivity contribution >= 4 is 6.29 Å². The number of methoxy groups -OCH3 is 1. The lowest BCUT2D eigenvalue weighted by Gasteiger charge is -2.07. The molecule has 0 radical (unpaired) electrons. The van der Waals surface area contributed by atoms with Gasteiger partial charge in [0, 0.05) is 5.56 Å². The van der Waals surface area contributed by atoms with Crippen LogP contribution in [0.2, 0.25) is 0 Å². The molecule has 0 saturated heterocycles. The molecule has 0 spiro atoms. The number of hydrogen-bond donors (Lipinski definition) is 1. The van der Waals surface area contributed by atoms with Crippen LogP contribution in [0.4, 0.5) is 0 Å². The van der Waals surface area contributed by atoms with E-state index in [2.05, 4.69) is 0 Å². The van der Waals surface area contributed by atoms with E-state index in [-0.39, 0.29) is 5.75 Å². The SMILES string of the molecule is CCc1c(C=O)c2c(c(O)c1OC)O2. The molecule has 0 bridgehead atoms. The van der Waals surface area contributed by atoms with Gasteiger partial charge in [0.2, 0.25) is 11.5 Å². The van der Waals surface area contributed by atoms with Gasteiger partial charge in [0.25, 0.3) is 0 Å². The van der Waals surface area contributed by atoms with Crippen LogP contribution in [0, 0.1) is 0 Å². The second kappa shape index (κ2) is 2.90. The number of carbonyl (C=O) groups excluding carboxylic acids is 1. The first kappa shape index (κ1) is 8.87. The van der Waals surface area contributed by atoms with Gasteiger partial charge in [-0.15, -0.1) is 0 Å². The largest absolute Gasteiger partial charge is 0.502 e. The highest BCUT2D eigenvalue weighted by Crippen LogP contribution is 2.59. The second-order valence-corrected chi connectivity index (χ2v) is 3.01. The number of phenols is 1. The number of hydrogen-bond acceptors (Lipinski definition) is 4. The number of ether oxygens (including phenoxy) is 2. The molecule has 1 aliphatic heterocycles. The van der Waals surface area contributed by atoms with Crippen LogP contribution in [-0.2, 0) is 6.42 Å². The zero-order valence-electron chi connectivity index (χ0n) is 7.96. The van der Waals surface area contributed by atoms with E-state index in [0.29, 0.717) is 34.8 Å². The quantitative estimate of drug-likeness (QED) is 0.598. The molecule has 0 aliphatic carbocycles. The van der Waals surface area contributed by atoms with E-state index in [4.69, 9.17) is 9.47 Å². The smallest absolute Gasteiger partial charge is 0.216 e. The Balaban J connectivity index is 2.71. The van der Waals surface area contributed by atoms with Crippen molar-refractivity contribution in [2.45, 2.75) is 13.3 Å². The molecule has 4 heteroatoms. The molecular formula is C10H10O4. The monoisotopic (exact) mass is 194 g/mol. The molecule has 1 heterocycles. The summed E-state index contributed by atoms with van der Waals surface area (Å²) in [6, 6.07) is 0.